The summed E-state index contributed by atoms with van der Waals surface area (Å²) in [6.07, 6.45) is 2.30. The third kappa shape index (κ3) is 4.01. The Balaban J connectivity index is 1.35. The van der Waals surface area contributed by atoms with Gasteiger partial charge in [0.25, 0.3) is 5.91 Å². The first-order valence-electron chi connectivity index (χ1n) is 8.49. The summed E-state index contributed by atoms with van der Waals surface area (Å²) < 4.78 is 10.7. The number of rotatable bonds is 5. The Kier molecular flexibility index (Phi) is 4.88. The SMILES string of the molecule is O=C(Cc1csc(NC(=O)c2ccco2)n1)NC1CCOc2ccccc21. The molecule has 0 aliphatic carbocycles. The normalized spacial score (nSPS) is 15.5. The number of benzene rings is 1. The number of nitrogens with zero attached hydrogens (tertiary/aromatic N) is 1. The minimum Gasteiger partial charge on any atom is -0.493 e. The van der Waals surface area contributed by atoms with Crippen molar-refractivity contribution >= 4 is 28.3 Å². The van der Waals surface area contributed by atoms with Gasteiger partial charge < -0.3 is 14.5 Å². The van der Waals surface area contributed by atoms with Gasteiger partial charge in [0.1, 0.15) is 5.75 Å². The van der Waals surface area contributed by atoms with Gasteiger partial charge in [-0.25, -0.2) is 4.98 Å². The third-order valence-electron chi connectivity index (χ3n) is 4.15. The zero-order chi connectivity index (χ0) is 18.6. The number of para-hydroxylation sites is 1. The predicted octanol–water partition coefficient (Wildman–Crippen LogP) is 3.17. The second-order valence-electron chi connectivity index (χ2n) is 6.05. The van der Waals surface area contributed by atoms with Crippen LogP contribution in [-0.4, -0.2) is 23.4 Å². The minimum absolute atomic E-state index is 0.0702. The molecule has 0 fully saturated rings. The van der Waals surface area contributed by atoms with Crippen molar-refractivity contribution in [1.29, 1.82) is 0 Å². The lowest BCUT2D eigenvalue weighted by Crippen LogP contribution is -2.33. The zero-order valence-electron chi connectivity index (χ0n) is 14.3. The average Bonchev–Trinajstić information content (AvgIpc) is 3.34. The van der Waals surface area contributed by atoms with Crippen molar-refractivity contribution in [3.63, 3.8) is 0 Å². The van der Waals surface area contributed by atoms with E-state index in [1.807, 2.05) is 24.3 Å². The molecule has 1 unspecified atom stereocenters. The number of furan rings is 1. The molecule has 3 aromatic rings. The molecule has 2 aromatic heterocycles. The Hall–Kier alpha value is -3.13. The van der Waals surface area contributed by atoms with E-state index in [4.69, 9.17) is 9.15 Å². The van der Waals surface area contributed by atoms with E-state index in [1.165, 1.54) is 17.6 Å². The fourth-order valence-corrected chi connectivity index (χ4v) is 3.62. The number of aromatic nitrogens is 1. The standard InChI is InChI=1S/C19H17N3O4S/c23-17(21-14-7-9-26-15-5-2-1-4-13(14)15)10-12-11-27-19(20-12)22-18(24)16-6-3-8-25-16/h1-6,8,11,14H,7,9-10H2,(H,21,23)(H,20,22,24). The van der Waals surface area contributed by atoms with Crippen LogP contribution in [-0.2, 0) is 11.2 Å². The van der Waals surface area contributed by atoms with E-state index in [2.05, 4.69) is 15.6 Å². The van der Waals surface area contributed by atoms with Crippen LogP contribution >= 0.6 is 11.3 Å². The van der Waals surface area contributed by atoms with Crippen molar-refractivity contribution < 1.29 is 18.7 Å². The molecule has 0 bridgehead atoms. The van der Waals surface area contributed by atoms with Crippen molar-refractivity contribution in [2.75, 3.05) is 11.9 Å². The summed E-state index contributed by atoms with van der Waals surface area (Å²) in [6, 6.07) is 10.9. The Morgan fingerprint density at radius 1 is 1.22 bits per heavy atom. The molecule has 1 atom stereocenters. The lowest BCUT2D eigenvalue weighted by molar-refractivity contribution is -0.121. The Morgan fingerprint density at radius 2 is 2.11 bits per heavy atom. The molecule has 0 saturated heterocycles. The van der Waals surface area contributed by atoms with Crippen LogP contribution in [0.5, 0.6) is 5.75 Å². The van der Waals surface area contributed by atoms with E-state index < -0.39 is 0 Å². The Morgan fingerprint density at radius 3 is 2.96 bits per heavy atom. The quantitative estimate of drug-likeness (QED) is 0.706. The van der Waals surface area contributed by atoms with Crippen molar-refractivity contribution in [2.45, 2.75) is 18.9 Å². The van der Waals surface area contributed by atoms with Gasteiger partial charge in [0, 0.05) is 17.4 Å². The number of anilines is 1. The second kappa shape index (κ2) is 7.63. The topological polar surface area (TPSA) is 93.5 Å². The van der Waals surface area contributed by atoms with E-state index in [-0.39, 0.29) is 30.0 Å². The molecule has 7 nitrogen and oxygen atoms in total. The zero-order valence-corrected chi connectivity index (χ0v) is 15.1. The van der Waals surface area contributed by atoms with Crippen LogP contribution in [0.4, 0.5) is 5.13 Å². The number of hydrogen-bond donors (Lipinski definition) is 2. The highest BCUT2D eigenvalue weighted by atomic mass is 32.1. The van der Waals surface area contributed by atoms with Crippen LogP contribution < -0.4 is 15.4 Å². The Labute approximate surface area is 159 Å². The molecule has 0 radical (unpaired) electrons. The molecule has 27 heavy (non-hydrogen) atoms. The fraction of sp³-hybridized carbons (Fsp3) is 0.211. The van der Waals surface area contributed by atoms with E-state index in [9.17, 15) is 9.59 Å². The molecule has 3 heterocycles. The van der Waals surface area contributed by atoms with Crippen LogP contribution in [0, 0.1) is 0 Å². The van der Waals surface area contributed by atoms with Gasteiger partial charge in [0.15, 0.2) is 10.9 Å². The third-order valence-corrected chi connectivity index (χ3v) is 4.96. The molecule has 2 amide bonds. The maximum Gasteiger partial charge on any atom is 0.293 e. The highest BCUT2D eigenvalue weighted by Gasteiger charge is 2.23. The number of carbonyl (C=O) groups excluding carboxylic acids is 2. The Bertz CT molecular complexity index is 952. The predicted molar refractivity (Wildman–Crippen MR) is 99.9 cm³/mol. The summed E-state index contributed by atoms with van der Waals surface area (Å²) in [4.78, 5) is 28.7. The number of amides is 2. The molecule has 0 saturated carbocycles. The summed E-state index contributed by atoms with van der Waals surface area (Å²) in [7, 11) is 0. The van der Waals surface area contributed by atoms with Gasteiger partial charge in [-0.15, -0.1) is 11.3 Å². The first-order chi connectivity index (χ1) is 13.2. The summed E-state index contributed by atoms with van der Waals surface area (Å²) in [5.41, 5.74) is 1.59. The van der Waals surface area contributed by atoms with Gasteiger partial charge in [0.2, 0.25) is 5.91 Å². The lowest BCUT2D eigenvalue weighted by Gasteiger charge is -2.26. The smallest absolute Gasteiger partial charge is 0.293 e. The monoisotopic (exact) mass is 383 g/mol. The molecule has 2 N–H and O–H groups in total. The molecular weight excluding hydrogens is 366 g/mol. The minimum atomic E-state index is -0.371. The highest BCUT2D eigenvalue weighted by Crippen LogP contribution is 2.31. The van der Waals surface area contributed by atoms with Gasteiger partial charge in [-0.3, -0.25) is 14.9 Å². The molecule has 8 heteroatoms. The van der Waals surface area contributed by atoms with Gasteiger partial charge in [-0.1, -0.05) is 18.2 Å². The van der Waals surface area contributed by atoms with Crippen molar-refractivity contribution in [3.8, 4) is 5.75 Å². The van der Waals surface area contributed by atoms with Crippen LogP contribution in [0.15, 0.2) is 52.5 Å². The number of nitrogens with one attached hydrogen (secondary N) is 2. The fourth-order valence-electron chi connectivity index (χ4n) is 2.91. The number of thiazole rings is 1. The number of carbonyl (C=O) groups is 2. The van der Waals surface area contributed by atoms with Gasteiger partial charge in [0.05, 0.1) is 31.0 Å². The molecule has 4 rings (SSSR count). The number of fused-ring (bicyclic) bond motifs is 1. The maximum absolute atomic E-state index is 12.4. The van der Waals surface area contributed by atoms with Crippen molar-refractivity contribution in [2.24, 2.45) is 0 Å². The van der Waals surface area contributed by atoms with E-state index in [0.717, 1.165) is 17.7 Å². The highest BCUT2D eigenvalue weighted by molar-refractivity contribution is 7.14. The van der Waals surface area contributed by atoms with Gasteiger partial charge >= 0.3 is 0 Å². The van der Waals surface area contributed by atoms with Gasteiger partial charge in [-0.05, 0) is 18.2 Å². The van der Waals surface area contributed by atoms with E-state index in [1.54, 1.807) is 17.5 Å². The van der Waals surface area contributed by atoms with Crippen LogP contribution in [0.2, 0.25) is 0 Å². The van der Waals surface area contributed by atoms with E-state index >= 15 is 0 Å². The molecule has 0 spiro atoms. The maximum atomic E-state index is 12.4. The van der Waals surface area contributed by atoms with Crippen LogP contribution in [0.25, 0.3) is 0 Å². The molecule has 138 valence electrons. The van der Waals surface area contributed by atoms with Crippen LogP contribution in [0.3, 0.4) is 0 Å². The van der Waals surface area contributed by atoms with Crippen molar-refractivity contribution in [3.05, 3.63) is 65.1 Å². The van der Waals surface area contributed by atoms with Crippen molar-refractivity contribution in [1.82, 2.24) is 10.3 Å². The lowest BCUT2D eigenvalue weighted by atomic mass is 10.0. The first kappa shape index (κ1) is 17.3. The van der Waals surface area contributed by atoms with Crippen LogP contribution in [0.1, 0.15) is 34.3 Å². The average molecular weight is 383 g/mol. The summed E-state index contributed by atoms with van der Waals surface area (Å²) in [6.45, 7) is 0.571. The summed E-state index contributed by atoms with van der Waals surface area (Å²) in [5, 5.41) is 7.88. The van der Waals surface area contributed by atoms with E-state index in [0.29, 0.717) is 17.4 Å². The molecule has 1 aliphatic heterocycles. The number of ether oxygens (including phenoxy) is 1. The molecule has 1 aliphatic rings. The van der Waals surface area contributed by atoms with Gasteiger partial charge in [-0.2, -0.15) is 0 Å². The molecular formula is C19H17N3O4S. The summed E-state index contributed by atoms with van der Waals surface area (Å²) in [5.74, 6) is 0.531. The summed E-state index contributed by atoms with van der Waals surface area (Å²) >= 11 is 1.27. The molecule has 1 aromatic carbocycles. The second-order valence-corrected chi connectivity index (χ2v) is 6.91. The number of hydrogen-bond acceptors (Lipinski definition) is 6. The first-order valence-corrected chi connectivity index (χ1v) is 9.37. The largest absolute Gasteiger partial charge is 0.493 e.